The van der Waals surface area contributed by atoms with Crippen LogP contribution in [0.1, 0.15) is 39.5 Å². The van der Waals surface area contributed by atoms with E-state index in [1.54, 1.807) is 6.92 Å². The first-order valence-electron chi connectivity index (χ1n) is 13.1. The number of nitrogens with one attached hydrogen (secondary N) is 3. The van der Waals surface area contributed by atoms with Gasteiger partial charge in [0.1, 0.15) is 11.9 Å². The number of fused-ring (bicyclic) bond motifs is 1. The van der Waals surface area contributed by atoms with E-state index in [-0.39, 0.29) is 6.42 Å². The van der Waals surface area contributed by atoms with Gasteiger partial charge in [0.2, 0.25) is 5.95 Å². The van der Waals surface area contributed by atoms with Gasteiger partial charge in [-0.2, -0.15) is 0 Å². The van der Waals surface area contributed by atoms with Crippen molar-refractivity contribution in [2.45, 2.75) is 39.3 Å². The number of amides is 1. The summed E-state index contributed by atoms with van der Waals surface area (Å²) in [6, 6.07) is 18.9. The minimum atomic E-state index is -1.14. The van der Waals surface area contributed by atoms with Gasteiger partial charge in [-0.25, -0.2) is 14.2 Å². The molecule has 0 fully saturated rings. The molecule has 2 aromatic heterocycles. The lowest BCUT2D eigenvalue weighted by molar-refractivity contribution is -0.139. The Bertz CT molecular complexity index is 1640. The zero-order valence-corrected chi connectivity index (χ0v) is 22.2. The average Bonchev–Trinajstić information content (AvgIpc) is 3.58. The summed E-state index contributed by atoms with van der Waals surface area (Å²) in [4.78, 5) is 32.7. The third kappa shape index (κ3) is 5.88. The number of aliphatic carboxylic acids is 1. The van der Waals surface area contributed by atoms with Gasteiger partial charge in [-0.05, 0) is 78.1 Å². The molecular weight excluding hydrogens is 509 g/mol. The summed E-state index contributed by atoms with van der Waals surface area (Å²) in [6.07, 6.45) is 4.54. The Kier molecular flexibility index (Phi) is 7.63. The number of carbonyl (C=O) groups is 2. The molecule has 0 aliphatic rings. The number of anilines is 1. The van der Waals surface area contributed by atoms with Gasteiger partial charge >= 0.3 is 5.97 Å². The SMILES string of the molecule is CCc1cc(F)cc(C)c1C(=O)NC(Cc1ccc(-n2ccc(CNc3nc4ccccc4[nH]3)c2)cc1)C(=O)O. The highest BCUT2D eigenvalue weighted by atomic mass is 19.1. The quantitative estimate of drug-likeness (QED) is 0.190. The molecule has 1 unspecified atom stereocenters. The molecule has 5 rings (SSSR count). The van der Waals surface area contributed by atoms with E-state index in [9.17, 15) is 19.1 Å². The number of benzene rings is 3. The zero-order valence-electron chi connectivity index (χ0n) is 22.2. The third-order valence-electron chi connectivity index (χ3n) is 6.87. The Morgan fingerprint density at radius 1 is 1.07 bits per heavy atom. The Morgan fingerprint density at radius 2 is 1.85 bits per heavy atom. The summed E-state index contributed by atoms with van der Waals surface area (Å²) >= 11 is 0. The van der Waals surface area contributed by atoms with E-state index >= 15 is 0 Å². The normalized spacial score (nSPS) is 11.9. The van der Waals surface area contributed by atoms with Gasteiger partial charge in [0.25, 0.3) is 5.91 Å². The van der Waals surface area contributed by atoms with Crippen LogP contribution in [0.25, 0.3) is 16.7 Å². The zero-order chi connectivity index (χ0) is 28.2. The van der Waals surface area contributed by atoms with Crippen LogP contribution in [0.15, 0.2) is 79.1 Å². The number of aromatic amines is 1. The second-order valence-electron chi connectivity index (χ2n) is 9.73. The van der Waals surface area contributed by atoms with Gasteiger partial charge in [-0.1, -0.05) is 31.2 Å². The fraction of sp³-hybridized carbons (Fsp3) is 0.194. The van der Waals surface area contributed by atoms with E-state index in [1.165, 1.54) is 12.1 Å². The maximum Gasteiger partial charge on any atom is 0.326 e. The lowest BCUT2D eigenvalue weighted by atomic mass is 9.98. The molecule has 5 aromatic rings. The number of carbonyl (C=O) groups excluding carboxylic acids is 1. The van der Waals surface area contributed by atoms with Gasteiger partial charge in [0, 0.05) is 36.6 Å². The van der Waals surface area contributed by atoms with Crippen LogP contribution in [0.5, 0.6) is 0 Å². The number of H-pyrrole nitrogens is 1. The van der Waals surface area contributed by atoms with Crippen molar-refractivity contribution in [3.05, 3.63) is 113 Å². The molecule has 0 spiro atoms. The molecule has 8 nitrogen and oxygen atoms in total. The highest BCUT2D eigenvalue weighted by Gasteiger charge is 2.24. The van der Waals surface area contributed by atoms with Crippen molar-refractivity contribution in [2.75, 3.05) is 5.32 Å². The summed E-state index contributed by atoms with van der Waals surface area (Å²) < 4.78 is 15.8. The predicted octanol–water partition coefficient (Wildman–Crippen LogP) is 5.40. The Hall–Kier alpha value is -4.92. The van der Waals surface area contributed by atoms with Crippen molar-refractivity contribution in [2.24, 2.45) is 0 Å². The molecule has 2 heterocycles. The molecule has 4 N–H and O–H groups in total. The number of nitrogens with zero attached hydrogens (tertiary/aromatic N) is 2. The van der Waals surface area contributed by atoms with Crippen LogP contribution in [-0.4, -0.2) is 37.6 Å². The number of carboxylic acid groups (broad SMARTS) is 1. The van der Waals surface area contributed by atoms with E-state index < -0.39 is 23.7 Å². The number of hydrogen-bond donors (Lipinski definition) is 4. The first-order chi connectivity index (χ1) is 19.3. The van der Waals surface area contributed by atoms with Crippen molar-refractivity contribution in [3.8, 4) is 5.69 Å². The molecule has 1 amide bonds. The molecule has 0 bridgehead atoms. The Labute approximate surface area is 230 Å². The lowest BCUT2D eigenvalue weighted by Crippen LogP contribution is -2.42. The third-order valence-corrected chi connectivity index (χ3v) is 6.87. The van der Waals surface area contributed by atoms with Gasteiger partial charge < -0.3 is 25.3 Å². The number of rotatable bonds is 10. The number of aromatic nitrogens is 3. The van der Waals surface area contributed by atoms with Crippen LogP contribution < -0.4 is 10.6 Å². The van der Waals surface area contributed by atoms with E-state index in [2.05, 4.69) is 20.6 Å². The van der Waals surface area contributed by atoms with Crippen molar-refractivity contribution in [1.29, 1.82) is 0 Å². The molecule has 0 aliphatic carbocycles. The Balaban J connectivity index is 1.22. The average molecular weight is 540 g/mol. The van der Waals surface area contributed by atoms with Gasteiger partial charge in [-0.15, -0.1) is 0 Å². The van der Waals surface area contributed by atoms with Crippen LogP contribution >= 0.6 is 0 Å². The first-order valence-corrected chi connectivity index (χ1v) is 13.1. The van der Waals surface area contributed by atoms with E-state index in [0.717, 1.165) is 27.8 Å². The highest BCUT2D eigenvalue weighted by molar-refractivity contribution is 5.99. The van der Waals surface area contributed by atoms with Crippen molar-refractivity contribution in [1.82, 2.24) is 19.9 Å². The number of aryl methyl sites for hydroxylation is 2. The molecule has 0 aliphatic heterocycles. The number of halogens is 1. The van der Waals surface area contributed by atoms with Crippen LogP contribution in [0.4, 0.5) is 10.3 Å². The topological polar surface area (TPSA) is 112 Å². The fourth-order valence-corrected chi connectivity index (χ4v) is 4.81. The maximum atomic E-state index is 13.8. The molecule has 0 radical (unpaired) electrons. The summed E-state index contributed by atoms with van der Waals surface area (Å²) in [6.45, 7) is 4.07. The molecular formula is C31H30FN5O3. The summed E-state index contributed by atoms with van der Waals surface area (Å²) in [5, 5.41) is 15.7. The molecule has 40 heavy (non-hydrogen) atoms. The van der Waals surface area contributed by atoms with Crippen LogP contribution in [0, 0.1) is 12.7 Å². The molecule has 0 saturated heterocycles. The molecule has 1 atom stereocenters. The highest BCUT2D eigenvalue weighted by Crippen LogP contribution is 2.19. The lowest BCUT2D eigenvalue weighted by Gasteiger charge is -2.18. The van der Waals surface area contributed by atoms with Gasteiger partial charge in [0.05, 0.1) is 11.0 Å². The maximum absolute atomic E-state index is 13.8. The number of para-hydroxylation sites is 2. The number of carboxylic acids is 1. The predicted molar refractivity (Wildman–Crippen MR) is 152 cm³/mol. The van der Waals surface area contributed by atoms with Crippen LogP contribution in [-0.2, 0) is 24.2 Å². The van der Waals surface area contributed by atoms with Gasteiger partial charge in [0.15, 0.2) is 0 Å². The summed E-state index contributed by atoms with van der Waals surface area (Å²) in [7, 11) is 0. The molecule has 9 heteroatoms. The van der Waals surface area contributed by atoms with Crippen LogP contribution in [0.2, 0.25) is 0 Å². The van der Waals surface area contributed by atoms with Gasteiger partial charge in [-0.3, -0.25) is 4.79 Å². The van der Waals surface area contributed by atoms with E-state index in [4.69, 9.17) is 0 Å². The monoisotopic (exact) mass is 539 g/mol. The molecule has 204 valence electrons. The van der Waals surface area contributed by atoms with Crippen molar-refractivity contribution >= 4 is 28.9 Å². The number of imidazole rings is 1. The Morgan fingerprint density at radius 3 is 2.58 bits per heavy atom. The minimum absolute atomic E-state index is 0.113. The molecule has 3 aromatic carbocycles. The molecule has 0 saturated carbocycles. The second kappa shape index (κ2) is 11.4. The van der Waals surface area contributed by atoms with Crippen molar-refractivity contribution < 1.29 is 19.1 Å². The first kappa shape index (κ1) is 26.7. The minimum Gasteiger partial charge on any atom is -0.480 e. The number of hydrogen-bond acceptors (Lipinski definition) is 4. The van der Waals surface area contributed by atoms with E-state index in [1.807, 2.05) is 78.5 Å². The smallest absolute Gasteiger partial charge is 0.326 e. The summed E-state index contributed by atoms with van der Waals surface area (Å²) in [5.41, 5.74) is 5.98. The largest absolute Gasteiger partial charge is 0.480 e. The van der Waals surface area contributed by atoms with Crippen LogP contribution in [0.3, 0.4) is 0 Å². The standard InChI is InChI=1S/C31H30FN5O3/c1-3-22-16-23(32)14-19(2)28(22)29(38)34-27(30(39)40)15-20-8-10-24(11-9-20)37-13-12-21(18-37)17-33-31-35-25-6-4-5-7-26(25)36-31/h4-14,16,18,27H,3,15,17H2,1-2H3,(H,34,38)(H,39,40)(H2,33,35,36). The fourth-order valence-electron chi connectivity index (χ4n) is 4.81. The van der Waals surface area contributed by atoms with E-state index in [0.29, 0.717) is 35.6 Å². The van der Waals surface area contributed by atoms with Crippen molar-refractivity contribution in [3.63, 3.8) is 0 Å². The summed E-state index contributed by atoms with van der Waals surface area (Å²) in [5.74, 6) is -1.37. The second-order valence-corrected chi connectivity index (χ2v) is 9.73.